The van der Waals surface area contributed by atoms with Crippen LogP contribution in [0.25, 0.3) is 22.6 Å². The third-order valence-electron chi connectivity index (χ3n) is 4.44. The van der Waals surface area contributed by atoms with Crippen molar-refractivity contribution in [3.63, 3.8) is 0 Å². The zero-order valence-electron chi connectivity index (χ0n) is 16.0. The summed E-state index contributed by atoms with van der Waals surface area (Å²) < 4.78 is 17.8. The van der Waals surface area contributed by atoms with Gasteiger partial charge in [0.25, 0.3) is 5.91 Å². The Labute approximate surface area is 189 Å². The predicted octanol–water partition coefficient (Wildman–Crippen LogP) is 6.29. The van der Waals surface area contributed by atoms with Crippen LogP contribution in [-0.4, -0.2) is 25.1 Å². The summed E-state index contributed by atoms with van der Waals surface area (Å²) in [4.78, 5) is 17.4. The second-order valence-corrected chi connectivity index (χ2v) is 8.12. The lowest BCUT2D eigenvalue weighted by atomic mass is 10.2. The number of aromatic nitrogens is 1. The predicted molar refractivity (Wildman–Crippen MR) is 122 cm³/mol. The first kappa shape index (κ1) is 20.4. The Bertz CT molecular complexity index is 1240. The van der Waals surface area contributed by atoms with Crippen LogP contribution in [-0.2, 0) is 0 Å². The van der Waals surface area contributed by atoms with Gasteiger partial charge in [-0.25, -0.2) is 4.98 Å². The van der Waals surface area contributed by atoms with Crippen LogP contribution in [0.2, 0.25) is 0 Å². The summed E-state index contributed by atoms with van der Waals surface area (Å²) in [6, 6.07) is 16.3. The molecule has 1 amide bonds. The van der Waals surface area contributed by atoms with Gasteiger partial charge in [0.05, 0.1) is 24.3 Å². The van der Waals surface area contributed by atoms with Gasteiger partial charge in [-0.2, -0.15) is 0 Å². The Balaban J connectivity index is 1.62. The molecule has 0 saturated heterocycles. The van der Waals surface area contributed by atoms with Gasteiger partial charge in [-0.1, -0.05) is 15.9 Å². The first-order valence-corrected chi connectivity index (χ1v) is 10.5. The topological polar surface area (TPSA) is 73.6 Å². The van der Waals surface area contributed by atoms with Gasteiger partial charge in [0.1, 0.15) is 17.0 Å². The van der Waals surface area contributed by atoms with E-state index in [4.69, 9.17) is 13.9 Å². The molecule has 4 aromatic rings. The monoisotopic (exact) mass is 530 g/mol. The van der Waals surface area contributed by atoms with Crippen LogP contribution in [0.4, 0.5) is 5.69 Å². The number of benzene rings is 3. The number of nitrogens with zero attached hydrogens (tertiary/aromatic N) is 1. The summed E-state index contributed by atoms with van der Waals surface area (Å²) in [5.74, 6) is 1.41. The van der Waals surface area contributed by atoms with E-state index in [1.807, 2.05) is 30.3 Å². The number of carbonyl (C=O) groups is 1. The number of amides is 1. The smallest absolute Gasteiger partial charge is 0.259 e. The average molecular weight is 532 g/mol. The number of ether oxygens (including phenoxy) is 2. The van der Waals surface area contributed by atoms with Gasteiger partial charge in [-0.3, -0.25) is 4.79 Å². The quantitative estimate of drug-likeness (QED) is 0.327. The molecule has 3 aromatic carbocycles. The number of nitrogens with one attached hydrogen (secondary N) is 1. The molecule has 0 bridgehead atoms. The molecule has 0 saturated carbocycles. The zero-order chi connectivity index (χ0) is 21.3. The molecule has 30 heavy (non-hydrogen) atoms. The number of methoxy groups -OCH3 is 2. The minimum atomic E-state index is -0.299. The molecule has 0 spiro atoms. The van der Waals surface area contributed by atoms with E-state index in [1.165, 1.54) is 7.11 Å². The van der Waals surface area contributed by atoms with Crippen LogP contribution >= 0.6 is 31.9 Å². The van der Waals surface area contributed by atoms with Gasteiger partial charge in [0, 0.05) is 15.7 Å². The molecule has 0 unspecified atom stereocenters. The number of rotatable bonds is 5. The molecule has 0 aliphatic heterocycles. The van der Waals surface area contributed by atoms with Gasteiger partial charge in [-0.15, -0.1) is 0 Å². The first-order chi connectivity index (χ1) is 14.5. The second-order valence-electron chi connectivity index (χ2n) is 6.35. The van der Waals surface area contributed by atoms with Crippen molar-refractivity contribution >= 4 is 54.6 Å². The standard InChI is InChI=1S/C22H16Br2N2O4/c1-28-15-6-3-12(4-7-15)22-26-18-11-14(5-8-19(18)30-22)25-21(27)16-9-13(23)10-17(24)20(16)29-2/h3-11H,1-2H3,(H,25,27). The lowest BCUT2D eigenvalue weighted by Gasteiger charge is -2.11. The maximum absolute atomic E-state index is 12.8. The van der Waals surface area contributed by atoms with E-state index < -0.39 is 0 Å². The number of carbonyl (C=O) groups excluding carboxylic acids is 1. The van der Waals surface area contributed by atoms with Crippen molar-refractivity contribution in [2.24, 2.45) is 0 Å². The maximum Gasteiger partial charge on any atom is 0.259 e. The molecule has 0 aliphatic carbocycles. The Hall–Kier alpha value is -2.84. The lowest BCUT2D eigenvalue weighted by molar-refractivity contribution is 0.102. The highest BCUT2D eigenvalue weighted by molar-refractivity contribution is 9.11. The van der Waals surface area contributed by atoms with Gasteiger partial charge in [0.2, 0.25) is 5.89 Å². The Morgan fingerprint density at radius 2 is 1.77 bits per heavy atom. The average Bonchev–Trinajstić information content (AvgIpc) is 3.16. The van der Waals surface area contributed by atoms with Crippen LogP contribution in [0, 0.1) is 0 Å². The van der Waals surface area contributed by atoms with E-state index in [1.54, 1.807) is 31.4 Å². The van der Waals surface area contributed by atoms with E-state index in [9.17, 15) is 4.79 Å². The Morgan fingerprint density at radius 3 is 2.47 bits per heavy atom. The number of fused-ring (bicyclic) bond motifs is 1. The fraction of sp³-hybridized carbons (Fsp3) is 0.0909. The summed E-state index contributed by atoms with van der Waals surface area (Å²) in [5.41, 5.74) is 3.10. The SMILES string of the molecule is COc1ccc(-c2nc3cc(NC(=O)c4cc(Br)cc(Br)c4OC)ccc3o2)cc1. The third kappa shape index (κ3) is 4.06. The molecule has 0 radical (unpaired) electrons. The van der Waals surface area contributed by atoms with Gasteiger partial charge >= 0.3 is 0 Å². The second kappa shape index (κ2) is 8.49. The number of halogens is 2. The summed E-state index contributed by atoms with van der Waals surface area (Å²) in [5, 5.41) is 2.88. The van der Waals surface area contributed by atoms with E-state index in [0.29, 0.717) is 38.5 Å². The molecule has 4 rings (SSSR count). The molecule has 1 heterocycles. The number of hydrogen-bond acceptors (Lipinski definition) is 5. The number of anilines is 1. The minimum Gasteiger partial charge on any atom is -0.497 e. The largest absolute Gasteiger partial charge is 0.497 e. The lowest BCUT2D eigenvalue weighted by Crippen LogP contribution is -2.13. The molecular formula is C22H16Br2N2O4. The van der Waals surface area contributed by atoms with Crippen molar-refractivity contribution in [2.45, 2.75) is 0 Å². The summed E-state index contributed by atoms with van der Waals surface area (Å²) in [6.07, 6.45) is 0. The van der Waals surface area contributed by atoms with Crippen LogP contribution in [0.1, 0.15) is 10.4 Å². The van der Waals surface area contributed by atoms with Crippen LogP contribution in [0.15, 0.2) is 68.0 Å². The van der Waals surface area contributed by atoms with E-state index >= 15 is 0 Å². The summed E-state index contributed by atoms with van der Waals surface area (Å²) in [7, 11) is 3.14. The van der Waals surface area contributed by atoms with Crippen molar-refractivity contribution in [3.8, 4) is 23.0 Å². The maximum atomic E-state index is 12.8. The first-order valence-electron chi connectivity index (χ1n) is 8.88. The van der Waals surface area contributed by atoms with Crippen LogP contribution in [0.3, 0.4) is 0 Å². The molecule has 8 heteroatoms. The molecule has 6 nitrogen and oxygen atoms in total. The van der Waals surface area contributed by atoms with Crippen molar-refractivity contribution in [1.29, 1.82) is 0 Å². The Kier molecular flexibility index (Phi) is 5.78. The van der Waals surface area contributed by atoms with Crippen LogP contribution in [0.5, 0.6) is 11.5 Å². The van der Waals surface area contributed by atoms with E-state index in [-0.39, 0.29) is 5.91 Å². The van der Waals surface area contributed by atoms with Crippen molar-refractivity contribution in [2.75, 3.05) is 19.5 Å². The van der Waals surface area contributed by atoms with Gasteiger partial charge in [0.15, 0.2) is 5.58 Å². The number of oxazole rings is 1. The molecule has 0 fully saturated rings. The molecule has 0 atom stereocenters. The molecular weight excluding hydrogens is 516 g/mol. The molecule has 0 aliphatic rings. The normalized spacial score (nSPS) is 10.8. The van der Waals surface area contributed by atoms with Gasteiger partial charge in [-0.05, 0) is 70.5 Å². The fourth-order valence-corrected chi connectivity index (χ4v) is 4.38. The van der Waals surface area contributed by atoms with E-state index in [0.717, 1.165) is 15.8 Å². The summed E-state index contributed by atoms with van der Waals surface area (Å²) in [6.45, 7) is 0. The van der Waals surface area contributed by atoms with Gasteiger partial charge < -0.3 is 19.2 Å². The van der Waals surface area contributed by atoms with Crippen molar-refractivity contribution < 1.29 is 18.7 Å². The van der Waals surface area contributed by atoms with Crippen molar-refractivity contribution in [1.82, 2.24) is 4.98 Å². The third-order valence-corrected chi connectivity index (χ3v) is 5.49. The van der Waals surface area contributed by atoms with Crippen molar-refractivity contribution in [3.05, 3.63) is 69.1 Å². The molecule has 1 aromatic heterocycles. The summed E-state index contributed by atoms with van der Waals surface area (Å²) >= 11 is 6.81. The zero-order valence-corrected chi connectivity index (χ0v) is 19.2. The Morgan fingerprint density at radius 1 is 1.00 bits per heavy atom. The van der Waals surface area contributed by atoms with E-state index in [2.05, 4.69) is 42.2 Å². The molecule has 1 N–H and O–H groups in total. The highest BCUT2D eigenvalue weighted by atomic mass is 79.9. The van der Waals surface area contributed by atoms with Crippen LogP contribution < -0.4 is 14.8 Å². The highest BCUT2D eigenvalue weighted by Gasteiger charge is 2.17. The number of hydrogen-bond donors (Lipinski definition) is 1. The molecule has 152 valence electrons. The highest BCUT2D eigenvalue weighted by Crippen LogP contribution is 2.33. The fourth-order valence-electron chi connectivity index (χ4n) is 3.00. The minimum absolute atomic E-state index is 0.299.